The van der Waals surface area contributed by atoms with Crippen LogP contribution in [0.25, 0.3) is 0 Å². The van der Waals surface area contributed by atoms with Crippen molar-refractivity contribution < 1.29 is 10.2 Å². The molecule has 3 N–H and O–H groups in total. The second kappa shape index (κ2) is 3.79. The summed E-state index contributed by atoms with van der Waals surface area (Å²) in [5.41, 5.74) is 0.901. The van der Waals surface area contributed by atoms with Crippen LogP contribution in [-0.4, -0.2) is 16.8 Å². The minimum Gasteiger partial charge on any atom is -0.507 e. The molecule has 1 aromatic carbocycles. The van der Waals surface area contributed by atoms with Crippen molar-refractivity contribution in [2.45, 2.75) is 18.9 Å². The van der Waals surface area contributed by atoms with Gasteiger partial charge in [-0.25, -0.2) is 0 Å². The maximum absolute atomic E-state index is 9.66. The van der Waals surface area contributed by atoms with Gasteiger partial charge >= 0.3 is 0 Å². The molecule has 1 aliphatic heterocycles. The Morgan fingerprint density at radius 3 is 2.73 bits per heavy atom. The van der Waals surface area contributed by atoms with Crippen molar-refractivity contribution >= 4 is 0 Å². The van der Waals surface area contributed by atoms with E-state index in [1.54, 1.807) is 6.07 Å². The summed E-state index contributed by atoms with van der Waals surface area (Å²) in [4.78, 5) is 0. The van der Waals surface area contributed by atoms with Crippen LogP contribution < -0.4 is 5.32 Å². The van der Waals surface area contributed by atoms with Crippen LogP contribution in [0.15, 0.2) is 12.1 Å². The van der Waals surface area contributed by atoms with E-state index in [1.807, 2.05) is 6.07 Å². The highest BCUT2D eigenvalue weighted by molar-refractivity contribution is 5.51. The Kier molecular flexibility index (Phi) is 2.48. The van der Waals surface area contributed by atoms with Gasteiger partial charge in [-0.15, -0.1) is 0 Å². The van der Waals surface area contributed by atoms with Gasteiger partial charge in [0.15, 0.2) is 0 Å². The number of rotatable bonds is 1. The van der Waals surface area contributed by atoms with E-state index in [1.165, 1.54) is 6.07 Å². The topological polar surface area (TPSA) is 76.3 Å². The molecule has 4 heteroatoms. The SMILES string of the molecule is N#Cc1cc(C2CCCN2)c(O)cc1O. The fourth-order valence-electron chi connectivity index (χ4n) is 1.91. The number of phenolic OH excluding ortho intramolecular Hbond substituents is 2. The lowest BCUT2D eigenvalue weighted by atomic mass is 10.0. The quantitative estimate of drug-likeness (QED) is 0.646. The van der Waals surface area contributed by atoms with Crippen molar-refractivity contribution in [2.24, 2.45) is 0 Å². The highest BCUT2D eigenvalue weighted by Gasteiger charge is 2.20. The number of nitrogens with zero attached hydrogens (tertiary/aromatic N) is 1. The van der Waals surface area contributed by atoms with E-state index in [4.69, 9.17) is 5.26 Å². The van der Waals surface area contributed by atoms with Gasteiger partial charge in [-0.1, -0.05) is 0 Å². The Labute approximate surface area is 87.8 Å². The number of benzene rings is 1. The summed E-state index contributed by atoms with van der Waals surface area (Å²) in [6.45, 7) is 0.923. The highest BCUT2D eigenvalue weighted by Crippen LogP contribution is 2.34. The summed E-state index contributed by atoms with van der Waals surface area (Å²) in [7, 11) is 0. The Morgan fingerprint density at radius 2 is 2.13 bits per heavy atom. The van der Waals surface area contributed by atoms with E-state index >= 15 is 0 Å². The standard InChI is InChI=1S/C11H12N2O2/c12-6-7-4-8(9-2-1-3-13-9)11(15)5-10(7)14/h4-5,9,13-15H,1-3H2. The van der Waals surface area contributed by atoms with E-state index in [0.29, 0.717) is 5.56 Å². The smallest absolute Gasteiger partial charge is 0.137 e. The van der Waals surface area contributed by atoms with Crippen LogP contribution in [0, 0.1) is 11.3 Å². The molecule has 1 fully saturated rings. The van der Waals surface area contributed by atoms with Gasteiger partial charge in [-0.3, -0.25) is 0 Å². The molecule has 78 valence electrons. The van der Waals surface area contributed by atoms with Crippen LogP contribution in [0.2, 0.25) is 0 Å². The molecule has 1 unspecified atom stereocenters. The normalized spacial score (nSPS) is 20.1. The van der Waals surface area contributed by atoms with Crippen LogP contribution >= 0.6 is 0 Å². The maximum Gasteiger partial charge on any atom is 0.137 e. The molecule has 2 rings (SSSR count). The predicted molar refractivity (Wildman–Crippen MR) is 54.5 cm³/mol. The van der Waals surface area contributed by atoms with Crippen LogP contribution in [0.3, 0.4) is 0 Å². The van der Waals surface area contributed by atoms with Crippen LogP contribution in [0.1, 0.15) is 30.0 Å². The molecule has 0 spiro atoms. The lowest BCUT2D eigenvalue weighted by Crippen LogP contribution is -2.13. The molecule has 0 aliphatic carbocycles. The van der Waals surface area contributed by atoms with E-state index in [9.17, 15) is 10.2 Å². The minimum absolute atomic E-state index is 0.0471. The first-order valence-corrected chi connectivity index (χ1v) is 4.91. The van der Waals surface area contributed by atoms with Crippen molar-refractivity contribution in [3.05, 3.63) is 23.3 Å². The molecule has 0 saturated carbocycles. The average Bonchev–Trinajstić information content (AvgIpc) is 2.71. The van der Waals surface area contributed by atoms with Crippen LogP contribution in [0.4, 0.5) is 0 Å². The third kappa shape index (κ3) is 1.74. The molecule has 1 saturated heterocycles. The second-order valence-corrected chi connectivity index (χ2v) is 3.69. The lowest BCUT2D eigenvalue weighted by molar-refractivity contribution is 0.438. The minimum atomic E-state index is -0.170. The Balaban J connectivity index is 2.42. The summed E-state index contributed by atoms with van der Waals surface area (Å²) < 4.78 is 0. The van der Waals surface area contributed by atoms with Gasteiger partial charge in [0.1, 0.15) is 17.6 Å². The van der Waals surface area contributed by atoms with Crippen molar-refractivity contribution in [3.63, 3.8) is 0 Å². The van der Waals surface area contributed by atoms with E-state index < -0.39 is 0 Å². The molecule has 0 aromatic heterocycles. The zero-order valence-electron chi connectivity index (χ0n) is 8.20. The Morgan fingerprint density at radius 1 is 1.33 bits per heavy atom. The molecule has 1 heterocycles. The molecule has 1 atom stereocenters. The monoisotopic (exact) mass is 204 g/mol. The summed E-state index contributed by atoms with van der Waals surface area (Å²) in [5.74, 6) is -0.123. The van der Waals surface area contributed by atoms with Gasteiger partial charge in [0, 0.05) is 17.7 Å². The fraction of sp³-hybridized carbons (Fsp3) is 0.364. The molecule has 4 nitrogen and oxygen atoms in total. The first kappa shape index (κ1) is 9.81. The lowest BCUT2D eigenvalue weighted by Gasteiger charge is -2.13. The van der Waals surface area contributed by atoms with Gasteiger partial charge in [0.25, 0.3) is 0 Å². The van der Waals surface area contributed by atoms with E-state index in [0.717, 1.165) is 19.4 Å². The number of hydrogen-bond donors (Lipinski definition) is 3. The zero-order valence-corrected chi connectivity index (χ0v) is 8.20. The van der Waals surface area contributed by atoms with Crippen LogP contribution in [0.5, 0.6) is 11.5 Å². The Bertz CT molecular complexity index is 417. The maximum atomic E-state index is 9.66. The number of phenols is 2. The Hall–Kier alpha value is -1.73. The fourth-order valence-corrected chi connectivity index (χ4v) is 1.91. The summed E-state index contributed by atoms with van der Waals surface area (Å²) >= 11 is 0. The molecule has 1 aromatic rings. The number of nitriles is 1. The predicted octanol–water partition coefficient (Wildman–Crippen LogP) is 1.39. The van der Waals surface area contributed by atoms with Crippen molar-refractivity contribution in [1.29, 1.82) is 5.26 Å². The van der Waals surface area contributed by atoms with Gasteiger partial charge in [-0.2, -0.15) is 5.26 Å². The van der Waals surface area contributed by atoms with E-state index in [2.05, 4.69) is 5.32 Å². The van der Waals surface area contributed by atoms with Crippen molar-refractivity contribution in [3.8, 4) is 17.6 Å². The molecular weight excluding hydrogens is 192 g/mol. The molecule has 0 amide bonds. The summed E-state index contributed by atoms with van der Waals surface area (Å²) in [5, 5.41) is 31.0. The number of nitrogens with one attached hydrogen (secondary N) is 1. The molecule has 15 heavy (non-hydrogen) atoms. The third-order valence-electron chi connectivity index (χ3n) is 2.70. The second-order valence-electron chi connectivity index (χ2n) is 3.69. The molecule has 0 radical (unpaired) electrons. The summed E-state index contributed by atoms with van der Waals surface area (Å²) in [6.07, 6.45) is 2.01. The van der Waals surface area contributed by atoms with Crippen molar-refractivity contribution in [1.82, 2.24) is 5.32 Å². The summed E-state index contributed by atoms with van der Waals surface area (Å²) in [6, 6.07) is 4.77. The van der Waals surface area contributed by atoms with Crippen molar-refractivity contribution in [2.75, 3.05) is 6.54 Å². The number of hydrogen-bond acceptors (Lipinski definition) is 4. The zero-order chi connectivity index (χ0) is 10.8. The van der Waals surface area contributed by atoms with Gasteiger partial charge in [0.2, 0.25) is 0 Å². The number of aromatic hydroxyl groups is 2. The molecular formula is C11H12N2O2. The van der Waals surface area contributed by atoms with Gasteiger partial charge in [0.05, 0.1) is 5.56 Å². The molecule has 1 aliphatic rings. The van der Waals surface area contributed by atoms with Gasteiger partial charge in [-0.05, 0) is 25.5 Å². The van der Waals surface area contributed by atoms with Crippen LogP contribution in [-0.2, 0) is 0 Å². The first-order chi connectivity index (χ1) is 7.22. The largest absolute Gasteiger partial charge is 0.507 e. The third-order valence-corrected chi connectivity index (χ3v) is 2.70. The average molecular weight is 204 g/mol. The van der Waals surface area contributed by atoms with E-state index in [-0.39, 0.29) is 23.1 Å². The first-order valence-electron chi connectivity index (χ1n) is 4.91. The highest BCUT2D eigenvalue weighted by atomic mass is 16.3. The molecule has 0 bridgehead atoms. The van der Waals surface area contributed by atoms with Gasteiger partial charge < -0.3 is 15.5 Å².